The summed E-state index contributed by atoms with van der Waals surface area (Å²) >= 11 is -1.83. The van der Waals surface area contributed by atoms with Crippen LogP contribution in [0.4, 0.5) is 0 Å². The number of hydrazine groups is 1. The lowest BCUT2D eigenvalue weighted by Gasteiger charge is -2.30. The van der Waals surface area contributed by atoms with Crippen molar-refractivity contribution in [3.05, 3.63) is 65.2 Å². The molecule has 0 radical (unpaired) electrons. The molecule has 1 fully saturated rings. The molecule has 2 unspecified atom stereocenters. The molecule has 22 heavy (non-hydrogen) atoms. The highest BCUT2D eigenvalue weighted by atomic mass is 32.2. The Morgan fingerprint density at radius 1 is 1.05 bits per heavy atom. The fourth-order valence-electron chi connectivity index (χ4n) is 2.90. The van der Waals surface area contributed by atoms with Gasteiger partial charge in [0.15, 0.2) is 11.1 Å². The van der Waals surface area contributed by atoms with Crippen molar-refractivity contribution in [2.24, 2.45) is 0 Å². The van der Waals surface area contributed by atoms with Gasteiger partial charge >= 0.3 is 0 Å². The van der Waals surface area contributed by atoms with E-state index in [1.54, 1.807) is 12.1 Å². The lowest BCUT2D eigenvalue weighted by molar-refractivity contribution is 0.440. The zero-order chi connectivity index (χ0) is 15.6. The molecule has 0 amide bonds. The zero-order valence-electron chi connectivity index (χ0n) is 12.0. The van der Waals surface area contributed by atoms with E-state index < -0.39 is 11.1 Å². The topological polar surface area (TPSA) is 81.6 Å². The molecule has 2 aromatic rings. The first-order valence-corrected chi connectivity index (χ1v) is 8.34. The van der Waals surface area contributed by atoms with E-state index in [9.17, 15) is 9.32 Å². The van der Waals surface area contributed by atoms with Crippen LogP contribution in [0.5, 0.6) is 5.75 Å². The van der Waals surface area contributed by atoms with E-state index in [0.717, 1.165) is 29.7 Å². The summed E-state index contributed by atoms with van der Waals surface area (Å²) in [6, 6.07) is 14.9. The summed E-state index contributed by atoms with van der Waals surface area (Å²) in [5.74, 6) is 0.378. The van der Waals surface area contributed by atoms with Gasteiger partial charge in [0.05, 0.1) is 11.3 Å². The van der Waals surface area contributed by atoms with E-state index >= 15 is 0 Å². The Morgan fingerprint density at radius 3 is 2.14 bits per heavy atom. The van der Waals surface area contributed by atoms with Gasteiger partial charge in [-0.15, -0.1) is 0 Å². The van der Waals surface area contributed by atoms with Gasteiger partial charge in [0.2, 0.25) is 0 Å². The highest BCUT2D eigenvalue weighted by molar-refractivity contribution is 7.78. The van der Waals surface area contributed by atoms with Crippen LogP contribution in [0.15, 0.2) is 48.5 Å². The number of rotatable bonds is 4. The summed E-state index contributed by atoms with van der Waals surface area (Å²) in [6.07, 6.45) is 0.878. The number of aromatic hydroxyl groups is 1. The maximum absolute atomic E-state index is 10.9. The Kier molecular flexibility index (Phi) is 4.26. The molecular weight excluding hydrogens is 300 g/mol. The van der Waals surface area contributed by atoms with Crippen molar-refractivity contribution in [1.29, 1.82) is 0 Å². The van der Waals surface area contributed by atoms with Crippen molar-refractivity contribution in [2.45, 2.75) is 17.7 Å². The predicted octanol–water partition coefficient (Wildman–Crippen LogP) is 1.86. The zero-order valence-corrected chi connectivity index (χ0v) is 12.8. The first-order chi connectivity index (χ1) is 10.6. The van der Waals surface area contributed by atoms with Crippen LogP contribution in [0, 0.1) is 0 Å². The standard InChI is InChI=1S/C16H18N2O3S/c19-15-7-5-14(6-8-15)16(9-10-17-18-16)13-3-1-12(2-4-13)11-22(20)21/h1-8,17-19H,9-11H2,(H,20,21). The monoisotopic (exact) mass is 318 g/mol. The highest BCUT2D eigenvalue weighted by Crippen LogP contribution is 2.35. The van der Waals surface area contributed by atoms with Gasteiger partial charge in [0, 0.05) is 6.54 Å². The van der Waals surface area contributed by atoms with Gasteiger partial charge in [0.25, 0.3) is 0 Å². The largest absolute Gasteiger partial charge is 0.508 e. The van der Waals surface area contributed by atoms with E-state index in [1.807, 2.05) is 36.4 Å². The minimum atomic E-state index is -1.83. The van der Waals surface area contributed by atoms with Crippen molar-refractivity contribution in [3.63, 3.8) is 0 Å². The molecule has 0 aromatic heterocycles. The first kappa shape index (κ1) is 15.2. The Labute approximate surface area is 131 Å². The summed E-state index contributed by atoms with van der Waals surface area (Å²) in [5.41, 5.74) is 9.13. The normalized spacial score (nSPS) is 22.6. The lowest BCUT2D eigenvalue weighted by atomic mass is 9.81. The molecular formula is C16H18N2O3S. The second kappa shape index (κ2) is 6.18. The van der Waals surface area contributed by atoms with Crippen molar-refractivity contribution in [2.75, 3.05) is 6.54 Å². The summed E-state index contributed by atoms with van der Waals surface area (Å²) < 4.78 is 19.9. The summed E-state index contributed by atoms with van der Waals surface area (Å²) in [7, 11) is 0. The second-order valence-electron chi connectivity index (χ2n) is 5.42. The molecule has 6 heteroatoms. The number of phenols is 1. The van der Waals surface area contributed by atoms with Crippen LogP contribution in [0.2, 0.25) is 0 Å². The Hall–Kier alpha value is -1.73. The Morgan fingerprint density at radius 2 is 1.64 bits per heavy atom. The van der Waals surface area contributed by atoms with Crippen LogP contribution in [0.25, 0.3) is 0 Å². The third kappa shape index (κ3) is 2.91. The maximum Gasteiger partial charge on any atom is 0.157 e. The predicted molar refractivity (Wildman–Crippen MR) is 85.6 cm³/mol. The fraction of sp³-hybridized carbons (Fsp3) is 0.250. The van der Waals surface area contributed by atoms with E-state index in [0.29, 0.717) is 0 Å². The van der Waals surface area contributed by atoms with Crippen LogP contribution < -0.4 is 10.9 Å². The molecule has 2 atom stereocenters. The third-order valence-electron chi connectivity index (χ3n) is 4.02. The van der Waals surface area contributed by atoms with Crippen LogP contribution in [-0.4, -0.2) is 20.4 Å². The molecule has 5 nitrogen and oxygen atoms in total. The molecule has 0 aliphatic carbocycles. The van der Waals surface area contributed by atoms with Crippen molar-refractivity contribution in [3.8, 4) is 5.75 Å². The van der Waals surface area contributed by atoms with Crippen molar-refractivity contribution in [1.82, 2.24) is 10.9 Å². The number of hydrogen-bond donors (Lipinski definition) is 4. The van der Waals surface area contributed by atoms with Crippen LogP contribution in [0.1, 0.15) is 23.1 Å². The lowest BCUT2D eigenvalue weighted by Crippen LogP contribution is -2.42. The summed E-state index contributed by atoms with van der Waals surface area (Å²) in [4.78, 5) is 0. The molecule has 2 aromatic carbocycles. The highest BCUT2D eigenvalue weighted by Gasteiger charge is 2.37. The van der Waals surface area contributed by atoms with Gasteiger partial charge in [-0.3, -0.25) is 5.43 Å². The second-order valence-corrected chi connectivity index (χ2v) is 6.35. The van der Waals surface area contributed by atoms with E-state index in [2.05, 4.69) is 10.9 Å². The fourth-order valence-corrected chi connectivity index (χ4v) is 3.38. The molecule has 4 N–H and O–H groups in total. The van der Waals surface area contributed by atoms with Crippen LogP contribution in [0.3, 0.4) is 0 Å². The molecule has 1 saturated heterocycles. The minimum Gasteiger partial charge on any atom is -0.508 e. The number of nitrogens with one attached hydrogen (secondary N) is 2. The minimum absolute atomic E-state index is 0.137. The van der Waals surface area contributed by atoms with Crippen molar-refractivity contribution < 1.29 is 13.9 Å². The smallest absolute Gasteiger partial charge is 0.157 e. The maximum atomic E-state index is 10.9. The SMILES string of the molecule is O=S(O)Cc1ccc(C2(c3ccc(O)cc3)CCNN2)cc1. The summed E-state index contributed by atoms with van der Waals surface area (Å²) in [6.45, 7) is 0.837. The number of benzene rings is 2. The molecule has 116 valence electrons. The van der Waals surface area contributed by atoms with Crippen LogP contribution in [-0.2, 0) is 22.4 Å². The van der Waals surface area contributed by atoms with Gasteiger partial charge in [0.1, 0.15) is 5.75 Å². The van der Waals surface area contributed by atoms with Crippen molar-refractivity contribution >= 4 is 11.1 Å². The molecule has 0 spiro atoms. The molecule has 0 bridgehead atoms. The Bertz CT molecular complexity index is 665. The molecule has 1 heterocycles. The molecule has 1 aliphatic heterocycles. The van der Waals surface area contributed by atoms with Gasteiger partial charge in [-0.1, -0.05) is 36.4 Å². The van der Waals surface area contributed by atoms with E-state index in [-0.39, 0.29) is 17.0 Å². The molecule has 0 saturated carbocycles. The quantitative estimate of drug-likeness (QED) is 0.647. The Balaban J connectivity index is 1.97. The average molecular weight is 318 g/mol. The first-order valence-electron chi connectivity index (χ1n) is 7.06. The molecule has 1 aliphatic rings. The average Bonchev–Trinajstić information content (AvgIpc) is 2.99. The van der Waals surface area contributed by atoms with Crippen LogP contribution >= 0.6 is 0 Å². The number of phenolic OH excluding ortho intramolecular Hbond substituents is 1. The molecule has 3 rings (SSSR count). The van der Waals surface area contributed by atoms with Gasteiger partial charge in [-0.25, -0.2) is 9.63 Å². The number of hydrogen-bond acceptors (Lipinski definition) is 4. The van der Waals surface area contributed by atoms with E-state index in [4.69, 9.17) is 4.55 Å². The van der Waals surface area contributed by atoms with E-state index in [1.165, 1.54) is 0 Å². The van der Waals surface area contributed by atoms with Gasteiger partial charge in [-0.05, 0) is 35.2 Å². The van der Waals surface area contributed by atoms with Gasteiger partial charge < -0.3 is 9.66 Å². The summed E-state index contributed by atoms with van der Waals surface area (Å²) in [5, 5.41) is 9.49. The third-order valence-corrected chi connectivity index (χ3v) is 4.60. The van der Waals surface area contributed by atoms with Gasteiger partial charge in [-0.2, -0.15) is 0 Å².